The fourth-order valence-electron chi connectivity index (χ4n) is 1.46. The minimum Gasteiger partial charge on any atom is -0.480 e. The average molecular weight is 200 g/mol. The quantitative estimate of drug-likeness (QED) is 0.658. The van der Waals surface area contributed by atoms with Gasteiger partial charge < -0.3 is 15.7 Å². The lowest BCUT2D eigenvalue weighted by Crippen LogP contribution is -2.50. The Morgan fingerprint density at radius 2 is 2.07 bits per heavy atom. The number of amides is 1. The van der Waals surface area contributed by atoms with Crippen molar-refractivity contribution in [2.75, 3.05) is 7.05 Å². The van der Waals surface area contributed by atoms with E-state index in [1.165, 1.54) is 11.9 Å². The lowest BCUT2D eigenvalue weighted by Gasteiger charge is -2.26. The molecular weight excluding hydrogens is 184 g/mol. The molecule has 1 aliphatic rings. The van der Waals surface area contributed by atoms with Gasteiger partial charge in [-0.05, 0) is 19.3 Å². The van der Waals surface area contributed by atoms with Crippen LogP contribution >= 0.6 is 0 Å². The van der Waals surface area contributed by atoms with Gasteiger partial charge in [-0.15, -0.1) is 0 Å². The van der Waals surface area contributed by atoms with Gasteiger partial charge in [-0.3, -0.25) is 4.79 Å². The number of carboxylic acid groups (broad SMARTS) is 1. The smallest absolute Gasteiger partial charge is 0.326 e. The van der Waals surface area contributed by atoms with E-state index in [2.05, 4.69) is 0 Å². The molecule has 1 saturated carbocycles. The number of rotatable bonds is 4. The normalized spacial score (nSPS) is 19.9. The van der Waals surface area contributed by atoms with E-state index < -0.39 is 17.6 Å². The predicted molar refractivity (Wildman–Crippen MR) is 50.6 cm³/mol. The number of nitrogens with two attached hydrogens (primary N) is 1. The van der Waals surface area contributed by atoms with Crippen molar-refractivity contribution in [3.05, 3.63) is 0 Å². The summed E-state index contributed by atoms with van der Waals surface area (Å²) in [5, 5.41) is 8.84. The zero-order chi connectivity index (χ0) is 10.9. The number of nitrogens with zero attached hydrogens (tertiary/aromatic N) is 1. The molecule has 1 aliphatic carbocycles. The minimum atomic E-state index is -0.979. The van der Waals surface area contributed by atoms with E-state index in [4.69, 9.17) is 10.8 Å². The fourth-order valence-corrected chi connectivity index (χ4v) is 1.46. The number of carbonyl (C=O) groups excluding carboxylic acids is 1. The first kappa shape index (κ1) is 11.0. The van der Waals surface area contributed by atoms with Crippen molar-refractivity contribution >= 4 is 11.9 Å². The van der Waals surface area contributed by atoms with Gasteiger partial charge in [-0.25, -0.2) is 4.79 Å². The summed E-state index contributed by atoms with van der Waals surface area (Å²) in [6.07, 6.45) is 1.71. The van der Waals surface area contributed by atoms with E-state index >= 15 is 0 Å². The van der Waals surface area contributed by atoms with Gasteiger partial charge in [0.05, 0.1) is 5.54 Å². The summed E-state index contributed by atoms with van der Waals surface area (Å²) in [5.41, 5.74) is 4.92. The maximum atomic E-state index is 11.7. The third-order valence-corrected chi connectivity index (χ3v) is 2.67. The molecule has 0 heterocycles. The molecule has 0 radical (unpaired) electrons. The highest BCUT2D eigenvalue weighted by atomic mass is 16.4. The summed E-state index contributed by atoms with van der Waals surface area (Å²) in [4.78, 5) is 23.7. The van der Waals surface area contributed by atoms with E-state index in [0.29, 0.717) is 19.3 Å². The molecule has 0 aliphatic heterocycles. The maximum Gasteiger partial charge on any atom is 0.326 e. The molecule has 1 fully saturated rings. The van der Waals surface area contributed by atoms with Crippen molar-refractivity contribution in [2.45, 2.75) is 37.8 Å². The van der Waals surface area contributed by atoms with Crippen molar-refractivity contribution in [1.82, 2.24) is 4.90 Å². The Balaban J connectivity index is 2.67. The highest BCUT2D eigenvalue weighted by molar-refractivity contribution is 5.92. The molecule has 1 amide bonds. The summed E-state index contributed by atoms with van der Waals surface area (Å²) in [6.45, 7) is 1.73. The van der Waals surface area contributed by atoms with Gasteiger partial charge in [0, 0.05) is 7.05 Å². The van der Waals surface area contributed by atoms with Crippen LogP contribution in [0.5, 0.6) is 0 Å². The van der Waals surface area contributed by atoms with E-state index in [1.54, 1.807) is 6.92 Å². The summed E-state index contributed by atoms with van der Waals surface area (Å²) in [6, 6.07) is -0.761. The molecule has 3 N–H and O–H groups in total. The summed E-state index contributed by atoms with van der Waals surface area (Å²) >= 11 is 0. The first-order valence-electron chi connectivity index (χ1n) is 4.71. The maximum absolute atomic E-state index is 11.7. The SMILES string of the molecule is CCC(C(=O)O)N(C)C(=O)C1(N)CC1. The Morgan fingerprint density at radius 3 is 2.36 bits per heavy atom. The fraction of sp³-hybridized carbons (Fsp3) is 0.778. The highest BCUT2D eigenvalue weighted by Crippen LogP contribution is 2.34. The zero-order valence-electron chi connectivity index (χ0n) is 8.49. The molecule has 0 saturated heterocycles. The summed E-state index contributed by atoms with van der Waals surface area (Å²) in [7, 11) is 1.50. The van der Waals surface area contributed by atoms with E-state index in [0.717, 1.165) is 0 Å². The molecule has 5 nitrogen and oxygen atoms in total. The van der Waals surface area contributed by atoms with Gasteiger partial charge >= 0.3 is 5.97 Å². The Bertz CT molecular complexity index is 261. The monoisotopic (exact) mass is 200 g/mol. The zero-order valence-corrected chi connectivity index (χ0v) is 8.49. The number of aliphatic carboxylic acids is 1. The Morgan fingerprint density at radius 1 is 1.57 bits per heavy atom. The molecule has 14 heavy (non-hydrogen) atoms. The van der Waals surface area contributed by atoms with Gasteiger partial charge in [0.15, 0.2) is 0 Å². The molecule has 0 aromatic heterocycles. The van der Waals surface area contributed by atoms with Crippen LogP contribution in [0, 0.1) is 0 Å². The predicted octanol–water partition coefficient (Wildman–Crippen LogP) is -0.201. The van der Waals surface area contributed by atoms with Crippen LogP contribution in [0.1, 0.15) is 26.2 Å². The molecule has 0 aromatic rings. The molecule has 0 aromatic carbocycles. The molecule has 1 atom stereocenters. The van der Waals surface area contributed by atoms with Gasteiger partial charge in [0.25, 0.3) is 0 Å². The van der Waals surface area contributed by atoms with Crippen LogP contribution in [0.15, 0.2) is 0 Å². The molecule has 0 spiro atoms. The number of carboxylic acids is 1. The Hall–Kier alpha value is -1.10. The van der Waals surface area contributed by atoms with Crippen LogP contribution in [0.2, 0.25) is 0 Å². The summed E-state index contributed by atoms with van der Waals surface area (Å²) in [5.74, 6) is -1.24. The highest BCUT2D eigenvalue weighted by Gasteiger charge is 2.49. The van der Waals surface area contributed by atoms with Gasteiger partial charge in [0.1, 0.15) is 6.04 Å². The van der Waals surface area contributed by atoms with Gasteiger partial charge in [-0.2, -0.15) is 0 Å². The second-order valence-electron chi connectivity index (χ2n) is 3.83. The molecular formula is C9H16N2O3. The van der Waals surface area contributed by atoms with Crippen LogP contribution in [0.3, 0.4) is 0 Å². The first-order chi connectivity index (χ1) is 6.42. The Kier molecular flexibility index (Phi) is 2.80. The van der Waals surface area contributed by atoms with Crippen molar-refractivity contribution in [3.8, 4) is 0 Å². The number of hydrogen-bond acceptors (Lipinski definition) is 3. The third-order valence-electron chi connectivity index (χ3n) is 2.67. The van der Waals surface area contributed by atoms with Crippen LogP contribution < -0.4 is 5.73 Å². The molecule has 0 bridgehead atoms. The standard InChI is InChI=1S/C9H16N2O3/c1-3-6(7(12)13)11(2)8(14)9(10)4-5-9/h6H,3-5,10H2,1-2H3,(H,12,13). The van der Waals surface area contributed by atoms with Crippen LogP contribution in [-0.4, -0.2) is 40.5 Å². The van der Waals surface area contributed by atoms with E-state index in [-0.39, 0.29) is 5.91 Å². The topological polar surface area (TPSA) is 83.6 Å². The second-order valence-corrected chi connectivity index (χ2v) is 3.83. The van der Waals surface area contributed by atoms with Crippen LogP contribution in [0.4, 0.5) is 0 Å². The summed E-state index contributed by atoms with van der Waals surface area (Å²) < 4.78 is 0. The molecule has 1 rings (SSSR count). The van der Waals surface area contributed by atoms with Gasteiger partial charge in [0.2, 0.25) is 5.91 Å². The van der Waals surface area contributed by atoms with Crippen molar-refractivity contribution in [3.63, 3.8) is 0 Å². The first-order valence-corrected chi connectivity index (χ1v) is 4.71. The third kappa shape index (κ3) is 1.87. The average Bonchev–Trinajstić information content (AvgIpc) is 2.84. The molecule has 1 unspecified atom stereocenters. The molecule has 5 heteroatoms. The largest absolute Gasteiger partial charge is 0.480 e. The van der Waals surface area contributed by atoms with Crippen molar-refractivity contribution < 1.29 is 14.7 Å². The van der Waals surface area contributed by atoms with E-state index in [1.807, 2.05) is 0 Å². The molecule has 80 valence electrons. The second kappa shape index (κ2) is 3.57. The number of hydrogen-bond donors (Lipinski definition) is 2. The lowest BCUT2D eigenvalue weighted by molar-refractivity contribution is -0.150. The van der Waals surface area contributed by atoms with E-state index in [9.17, 15) is 9.59 Å². The lowest BCUT2D eigenvalue weighted by atomic mass is 10.1. The number of likely N-dealkylation sites (N-methyl/N-ethyl adjacent to an activating group) is 1. The van der Waals surface area contributed by atoms with Crippen LogP contribution in [0.25, 0.3) is 0 Å². The van der Waals surface area contributed by atoms with Crippen LogP contribution in [-0.2, 0) is 9.59 Å². The van der Waals surface area contributed by atoms with Crippen molar-refractivity contribution in [1.29, 1.82) is 0 Å². The Labute approximate surface area is 82.9 Å². The van der Waals surface area contributed by atoms with Crippen molar-refractivity contribution in [2.24, 2.45) is 5.73 Å². The van der Waals surface area contributed by atoms with Gasteiger partial charge in [-0.1, -0.05) is 6.92 Å². The number of carbonyl (C=O) groups is 2. The minimum absolute atomic E-state index is 0.258.